The van der Waals surface area contributed by atoms with Crippen molar-refractivity contribution in [1.29, 1.82) is 0 Å². The normalized spacial score (nSPS) is 11.5. The molecule has 3 heterocycles. The molecule has 2 N–H and O–H groups in total. The van der Waals surface area contributed by atoms with Crippen molar-refractivity contribution in [3.8, 4) is 5.82 Å². The molecule has 0 fully saturated rings. The van der Waals surface area contributed by atoms with E-state index in [1.54, 1.807) is 25.9 Å². The molecule has 0 saturated heterocycles. The van der Waals surface area contributed by atoms with Crippen LogP contribution in [0.1, 0.15) is 18.3 Å². The molecule has 0 aliphatic rings. The Morgan fingerprint density at radius 1 is 1.23 bits per heavy atom. The van der Waals surface area contributed by atoms with Crippen LogP contribution >= 0.6 is 0 Å². The molecule has 0 saturated carbocycles. The van der Waals surface area contributed by atoms with E-state index in [0.29, 0.717) is 6.54 Å². The molecule has 0 unspecified atom stereocenters. The second kappa shape index (κ2) is 8.75. The molecule has 9 heteroatoms. The number of rotatable bonds is 7. The first-order valence-electron chi connectivity index (χ1n) is 8.54. The monoisotopic (exact) mass is 353 g/mol. The predicted molar refractivity (Wildman–Crippen MR) is 99.0 cm³/mol. The summed E-state index contributed by atoms with van der Waals surface area (Å²) < 4.78 is 3.91. The third-order valence-corrected chi connectivity index (χ3v) is 3.92. The SMILES string of the molecule is CCc1nncn1CCNC(=NC)NCc1ccc(-n2ccnc2)nc1. The van der Waals surface area contributed by atoms with Crippen molar-refractivity contribution >= 4 is 5.96 Å². The smallest absolute Gasteiger partial charge is 0.191 e. The van der Waals surface area contributed by atoms with Gasteiger partial charge in [-0.2, -0.15) is 0 Å². The van der Waals surface area contributed by atoms with Gasteiger partial charge in [0.25, 0.3) is 0 Å². The van der Waals surface area contributed by atoms with E-state index in [2.05, 4.69) is 42.7 Å². The van der Waals surface area contributed by atoms with E-state index >= 15 is 0 Å². The highest BCUT2D eigenvalue weighted by atomic mass is 15.3. The topological polar surface area (TPSA) is 97.8 Å². The third-order valence-electron chi connectivity index (χ3n) is 3.92. The number of hydrogen-bond acceptors (Lipinski definition) is 5. The van der Waals surface area contributed by atoms with Gasteiger partial charge in [0.2, 0.25) is 0 Å². The zero-order chi connectivity index (χ0) is 18.2. The number of hydrogen-bond donors (Lipinski definition) is 2. The van der Waals surface area contributed by atoms with Gasteiger partial charge in [0.15, 0.2) is 5.96 Å². The van der Waals surface area contributed by atoms with Gasteiger partial charge < -0.3 is 15.2 Å². The Bertz CT molecular complexity index is 818. The number of nitrogens with zero attached hydrogens (tertiary/aromatic N) is 7. The number of pyridine rings is 1. The van der Waals surface area contributed by atoms with Gasteiger partial charge in [0, 0.05) is 51.7 Å². The highest BCUT2D eigenvalue weighted by molar-refractivity contribution is 5.79. The van der Waals surface area contributed by atoms with Crippen LogP contribution in [0.3, 0.4) is 0 Å². The van der Waals surface area contributed by atoms with Crippen molar-refractivity contribution < 1.29 is 0 Å². The van der Waals surface area contributed by atoms with E-state index < -0.39 is 0 Å². The number of imidazole rings is 1. The second-order valence-electron chi connectivity index (χ2n) is 5.64. The summed E-state index contributed by atoms with van der Waals surface area (Å²) in [7, 11) is 1.76. The number of aliphatic imine (C=N–C) groups is 1. The van der Waals surface area contributed by atoms with Gasteiger partial charge in [0.05, 0.1) is 0 Å². The van der Waals surface area contributed by atoms with Crippen molar-refractivity contribution in [2.75, 3.05) is 13.6 Å². The number of guanidine groups is 1. The van der Waals surface area contributed by atoms with Crippen LogP contribution in [0.5, 0.6) is 0 Å². The summed E-state index contributed by atoms with van der Waals surface area (Å²) in [6.45, 7) is 4.24. The first-order valence-corrected chi connectivity index (χ1v) is 8.54. The maximum atomic E-state index is 4.45. The molecule has 0 aliphatic carbocycles. The Labute approximate surface area is 152 Å². The Balaban J connectivity index is 1.46. The minimum atomic E-state index is 0.643. The lowest BCUT2D eigenvalue weighted by molar-refractivity contribution is 0.632. The number of aromatic nitrogens is 6. The van der Waals surface area contributed by atoms with Crippen molar-refractivity contribution in [2.24, 2.45) is 4.99 Å². The van der Waals surface area contributed by atoms with Crippen molar-refractivity contribution in [3.05, 3.63) is 54.8 Å². The molecule has 0 spiro atoms. The molecule has 3 aromatic rings. The molecular weight excluding hydrogens is 330 g/mol. The average molecular weight is 353 g/mol. The summed E-state index contributed by atoms with van der Waals surface area (Å²) in [5, 5.41) is 14.6. The second-order valence-corrected chi connectivity index (χ2v) is 5.64. The Morgan fingerprint density at radius 3 is 2.85 bits per heavy atom. The number of nitrogens with one attached hydrogen (secondary N) is 2. The van der Waals surface area contributed by atoms with Crippen LogP contribution in [0.4, 0.5) is 0 Å². The van der Waals surface area contributed by atoms with E-state index in [9.17, 15) is 0 Å². The number of aryl methyl sites for hydroxylation is 1. The largest absolute Gasteiger partial charge is 0.355 e. The fourth-order valence-electron chi connectivity index (χ4n) is 2.51. The lowest BCUT2D eigenvalue weighted by Gasteiger charge is -2.13. The fourth-order valence-corrected chi connectivity index (χ4v) is 2.51. The van der Waals surface area contributed by atoms with Gasteiger partial charge in [0.1, 0.15) is 24.3 Å². The summed E-state index contributed by atoms with van der Waals surface area (Å²) in [6, 6.07) is 4.00. The van der Waals surface area contributed by atoms with Crippen molar-refractivity contribution in [2.45, 2.75) is 26.4 Å². The molecule has 0 amide bonds. The zero-order valence-electron chi connectivity index (χ0n) is 15.0. The van der Waals surface area contributed by atoms with Gasteiger partial charge in [-0.25, -0.2) is 9.97 Å². The molecule has 26 heavy (non-hydrogen) atoms. The molecule has 136 valence electrons. The lowest BCUT2D eigenvalue weighted by atomic mass is 10.3. The highest BCUT2D eigenvalue weighted by Crippen LogP contribution is 2.05. The summed E-state index contributed by atoms with van der Waals surface area (Å²) in [4.78, 5) is 12.7. The van der Waals surface area contributed by atoms with Crippen LogP contribution < -0.4 is 10.6 Å². The van der Waals surface area contributed by atoms with Crippen molar-refractivity contribution in [1.82, 2.24) is 39.9 Å². The van der Waals surface area contributed by atoms with Crippen LogP contribution in [-0.2, 0) is 19.5 Å². The Kier molecular flexibility index (Phi) is 5.92. The van der Waals surface area contributed by atoms with Crippen LogP contribution in [0.2, 0.25) is 0 Å². The van der Waals surface area contributed by atoms with E-state index in [0.717, 1.165) is 42.7 Å². The summed E-state index contributed by atoms with van der Waals surface area (Å²) >= 11 is 0. The lowest BCUT2D eigenvalue weighted by Crippen LogP contribution is -2.38. The predicted octanol–water partition coefficient (Wildman–Crippen LogP) is 0.786. The molecule has 0 aliphatic heterocycles. The molecule has 3 rings (SSSR count). The quantitative estimate of drug-likeness (QED) is 0.481. The minimum absolute atomic E-state index is 0.643. The van der Waals surface area contributed by atoms with E-state index in [1.165, 1.54) is 0 Å². The van der Waals surface area contributed by atoms with E-state index in [1.807, 2.05) is 33.7 Å². The summed E-state index contributed by atoms with van der Waals surface area (Å²) in [5.41, 5.74) is 1.07. The van der Waals surface area contributed by atoms with Gasteiger partial charge >= 0.3 is 0 Å². The first kappa shape index (κ1) is 17.6. The van der Waals surface area contributed by atoms with Gasteiger partial charge in [-0.15, -0.1) is 10.2 Å². The van der Waals surface area contributed by atoms with Gasteiger partial charge in [-0.3, -0.25) is 9.56 Å². The van der Waals surface area contributed by atoms with Crippen molar-refractivity contribution in [3.63, 3.8) is 0 Å². The molecule has 0 atom stereocenters. The molecule has 0 radical (unpaired) electrons. The molecular formula is C17H23N9. The molecule has 0 bridgehead atoms. The van der Waals surface area contributed by atoms with Crippen LogP contribution in [-0.4, -0.2) is 48.9 Å². The Hall–Kier alpha value is -3.23. The van der Waals surface area contributed by atoms with E-state index in [-0.39, 0.29) is 0 Å². The van der Waals surface area contributed by atoms with Crippen LogP contribution in [0, 0.1) is 0 Å². The summed E-state index contributed by atoms with van der Waals surface area (Å²) in [5.74, 6) is 2.57. The fraction of sp³-hybridized carbons (Fsp3) is 0.353. The van der Waals surface area contributed by atoms with E-state index in [4.69, 9.17) is 0 Å². The maximum absolute atomic E-state index is 4.45. The Morgan fingerprint density at radius 2 is 2.15 bits per heavy atom. The minimum Gasteiger partial charge on any atom is -0.355 e. The average Bonchev–Trinajstić information content (AvgIpc) is 3.36. The highest BCUT2D eigenvalue weighted by Gasteiger charge is 2.03. The summed E-state index contributed by atoms with van der Waals surface area (Å²) in [6.07, 6.45) is 9.80. The van der Waals surface area contributed by atoms with Crippen LogP contribution in [0.15, 0.2) is 48.4 Å². The standard InChI is InChI=1S/C17H23N9/c1-3-15-24-23-13-26(15)9-7-20-17(18-2)22-11-14-4-5-16(21-10-14)25-8-6-19-12-25/h4-6,8,10,12-13H,3,7,9,11H2,1-2H3,(H2,18,20,22). The van der Waals surface area contributed by atoms with Crippen LogP contribution in [0.25, 0.3) is 5.82 Å². The van der Waals surface area contributed by atoms with Gasteiger partial charge in [-0.1, -0.05) is 13.0 Å². The van der Waals surface area contributed by atoms with Gasteiger partial charge in [-0.05, 0) is 11.6 Å². The zero-order valence-corrected chi connectivity index (χ0v) is 15.0. The first-order chi connectivity index (χ1) is 12.8. The molecule has 0 aromatic carbocycles. The molecule has 3 aromatic heterocycles. The molecule has 9 nitrogen and oxygen atoms in total. The third kappa shape index (κ3) is 4.44. The maximum Gasteiger partial charge on any atom is 0.191 e.